The molecule has 0 N–H and O–H groups in total. The highest BCUT2D eigenvalue weighted by atomic mass is 35.5. The van der Waals surface area contributed by atoms with Gasteiger partial charge in [-0.2, -0.15) is 0 Å². The van der Waals surface area contributed by atoms with Crippen LogP contribution >= 0.6 is 11.6 Å². The van der Waals surface area contributed by atoms with Gasteiger partial charge < -0.3 is 9.47 Å². The highest BCUT2D eigenvalue weighted by Crippen LogP contribution is 2.14. The molecule has 1 aromatic carbocycles. The van der Waals surface area contributed by atoms with Gasteiger partial charge >= 0.3 is 11.9 Å². The fourth-order valence-electron chi connectivity index (χ4n) is 1.52. The molecule has 0 radical (unpaired) electrons. The number of ether oxygens (including phenoxy) is 2. The highest BCUT2D eigenvalue weighted by Gasteiger charge is 2.26. The zero-order valence-electron chi connectivity index (χ0n) is 10.8. The molecule has 1 aromatic rings. The van der Waals surface area contributed by atoms with Crippen LogP contribution in [0.4, 0.5) is 0 Å². The molecule has 0 atom stereocenters. The van der Waals surface area contributed by atoms with Gasteiger partial charge in [-0.1, -0.05) is 35.9 Å². The first-order valence-corrected chi connectivity index (χ1v) is 6.04. The maximum Gasteiger partial charge on any atom is 0.320 e. The van der Waals surface area contributed by atoms with E-state index in [1.807, 2.05) is 12.1 Å². The molecule has 19 heavy (non-hydrogen) atoms. The largest absolute Gasteiger partial charge is 0.468 e. The summed E-state index contributed by atoms with van der Waals surface area (Å²) in [7, 11) is 2.47. The van der Waals surface area contributed by atoms with Gasteiger partial charge in [0.2, 0.25) is 0 Å². The van der Waals surface area contributed by atoms with Gasteiger partial charge in [-0.25, -0.2) is 0 Å². The van der Waals surface area contributed by atoms with Gasteiger partial charge in [0, 0.05) is 5.02 Å². The van der Waals surface area contributed by atoms with Gasteiger partial charge in [-0.15, -0.1) is 0 Å². The lowest BCUT2D eigenvalue weighted by molar-refractivity contribution is -0.158. The minimum atomic E-state index is -0.939. The number of benzene rings is 1. The quantitative estimate of drug-likeness (QED) is 0.615. The number of carbonyl (C=O) groups is 2. The number of carbonyl (C=O) groups excluding carboxylic acids is 2. The van der Waals surface area contributed by atoms with Crippen molar-refractivity contribution in [3.05, 3.63) is 40.9 Å². The van der Waals surface area contributed by atoms with Gasteiger partial charge in [0.25, 0.3) is 0 Å². The Morgan fingerprint density at radius 2 is 1.89 bits per heavy atom. The van der Waals surface area contributed by atoms with Gasteiger partial charge in [-0.05, 0) is 24.1 Å². The highest BCUT2D eigenvalue weighted by molar-refractivity contribution is 6.30. The van der Waals surface area contributed by atoms with Crippen LogP contribution in [-0.4, -0.2) is 26.2 Å². The normalized spacial score (nSPS) is 10.7. The van der Waals surface area contributed by atoms with Crippen LogP contribution in [0.2, 0.25) is 5.02 Å². The molecule has 0 heterocycles. The summed E-state index contributed by atoms with van der Waals surface area (Å²) in [4.78, 5) is 22.9. The van der Waals surface area contributed by atoms with Crippen molar-refractivity contribution < 1.29 is 19.1 Å². The van der Waals surface area contributed by atoms with E-state index in [4.69, 9.17) is 11.6 Å². The van der Waals surface area contributed by atoms with Crippen molar-refractivity contribution in [2.45, 2.75) is 6.42 Å². The summed E-state index contributed by atoms with van der Waals surface area (Å²) < 4.78 is 9.12. The predicted octanol–water partition coefficient (Wildman–Crippen LogP) is 2.71. The van der Waals surface area contributed by atoms with Gasteiger partial charge in [0.05, 0.1) is 14.2 Å². The molecule has 102 valence electrons. The number of hydrogen-bond donors (Lipinski definition) is 0. The number of allylic oxidation sites excluding steroid dienone is 1. The Morgan fingerprint density at radius 3 is 2.42 bits per heavy atom. The zero-order chi connectivity index (χ0) is 14.3. The third-order valence-corrected chi connectivity index (χ3v) is 2.74. The predicted molar refractivity (Wildman–Crippen MR) is 72.6 cm³/mol. The third kappa shape index (κ3) is 4.75. The topological polar surface area (TPSA) is 52.6 Å². The van der Waals surface area contributed by atoms with E-state index in [1.54, 1.807) is 24.3 Å². The van der Waals surface area contributed by atoms with Crippen LogP contribution in [0.1, 0.15) is 12.0 Å². The summed E-state index contributed by atoms with van der Waals surface area (Å²) >= 11 is 5.85. The molecule has 0 aliphatic heterocycles. The fourth-order valence-corrected chi connectivity index (χ4v) is 1.72. The third-order valence-electron chi connectivity index (χ3n) is 2.50. The second kappa shape index (κ2) is 7.59. The maximum absolute atomic E-state index is 11.4. The molecular formula is C14H15ClO4. The number of esters is 2. The van der Waals surface area contributed by atoms with E-state index in [2.05, 4.69) is 9.47 Å². The minimum absolute atomic E-state index is 0.214. The molecule has 0 spiro atoms. The molecule has 0 aliphatic carbocycles. The van der Waals surface area contributed by atoms with Crippen LogP contribution in [0.15, 0.2) is 30.3 Å². The van der Waals surface area contributed by atoms with Crippen LogP contribution in [-0.2, 0) is 19.1 Å². The Morgan fingerprint density at radius 1 is 1.26 bits per heavy atom. The molecule has 0 saturated carbocycles. The summed E-state index contributed by atoms with van der Waals surface area (Å²) in [5.74, 6) is -2.16. The Bertz CT molecular complexity index is 466. The lowest BCUT2D eigenvalue weighted by Crippen LogP contribution is -2.25. The van der Waals surface area contributed by atoms with E-state index in [0.717, 1.165) is 5.56 Å². The summed E-state index contributed by atoms with van der Waals surface area (Å²) in [5.41, 5.74) is 0.890. The van der Waals surface area contributed by atoms with Gasteiger partial charge in [-0.3, -0.25) is 9.59 Å². The van der Waals surface area contributed by atoms with Crippen LogP contribution in [0.5, 0.6) is 0 Å². The van der Waals surface area contributed by atoms with Crippen molar-refractivity contribution in [2.24, 2.45) is 5.92 Å². The molecule has 0 unspecified atom stereocenters. The number of halogens is 1. The van der Waals surface area contributed by atoms with Crippen molar-refractivity contribution in [3.8, 4) is 0 Å². The number of hydrogen-bond acceptors (Lipinski definition) is 4. The molecule has 0 fully saturated rings. The SMILES string of the molecule is COC(=O)C(C/C=C/c1cccc(Cl)c1)C(=O)OC. The van der Waals surface area contributed by atoms with Crippen molar-refractivity contribution in [1.29, 1.82) is 0 Å². The van der Waals surface area contributed by atoms with Gasteiger partial charge in [0.15, 0.2) is 5.92 Å². The van der Waals surface area contributed by atoms with Crippen LogP contribution in [0, 0.1) is 5.92 Å². The first-order valence-electron chi connectivity index (χ1n) is 5.66. The molecule has 0 amide bonds. The Kier molecular flexibility index (Phi) is 6.09. The lowest BCUT2D eigenvalue weighted by Gasteiger charge is -2.09. The summed E-state index contributed by atoms with van der Waals surface area (Å²) in [5, 5.41) is 0.625. The number of rotatable bonds is 5. The molecule has 0 saturated heterocycles. The lowest BCUT2D eigenvalue weighted by atomic mass is 10.0. The smallest absolute Gasteiger partial charge is 0.320 e. The van der Waals surface area contributed by atoms with E-state index in [1.165, 1.54) is 14.2 Å². The summed E-state index contributed by atoms with van der Waals surface area (Å²) in [6.45, 7) is 0. The molecule has 0 aliphatic rings. The molecule has 4 nitrogen and oxygen atoms in total. The van der Waals surface area contributed by atoms with Crippen molar-refractivity contribution in [2.75, 3.05) is 14.2 Å². The Labute approximate surface area is 117 Å². The first kappa shape index (κ1) is 15.2. The van der Waals surface area contributed by atoms with E-state index < -0.39 is 17.9 Å². The molecule has 1 rings (SSSR count). The van der Waals surface area contributed by atoms with Crippen molar-refractivity contribution in [1.82, 2.24) is 0 Å². The molecule has 5 heteroatoms. The fraction of sp³-hybridized carbons (Fsp3) is 0.286. The van der Waals surface area contributed by atoms with Crippen LogP contribution in [0.25, 0.3) is 6.08 Å². The van der Waals surface area contributed by atoms with E-state index in [-0.39, 0.29) is 6.42 Å². The monoisotopic (exact) mass is 282 g/mol. The summed E-state index contributed by atoms with van der Waals surface area (Å²) in [6.07, 6.45) is 3.71. The average Bonchev–Trinajstić information content (AvgIpc) is 2.42. The second-order valence-corrected chi connectivity index (χ2v) is 4.23. The van der Waals surface area contributed by atoms with Crippen molar-refractivity contribution >= 4 is 29.6 Å². The maximum atomic E-state index is 11.4. The summed E-state index contributed by atoms with van der Waals surface area (Å²) in [6, 6.07) is 7.24. The first-order chi connectivity index (χ1) is 9.08. The molecular weight excluding hydrogens is 268 g/mol. The Hall–Kier alpha value is -1.81. The molecule has 0 aromatic heterocycles. The van der Waals surface area contributed by atoms with Crippen molar-refractivity contribution in [3.63, 3.8) is 0 Å². The number of methoxy groups -OCH3 is 2. The standard InChI is InChI=1S/C14H15ClO4/c1-18-13(16)12(14(17)19-2)8-4-6-10-5-3-7-11(15)9-10/h3-7,9,12H,8H2,1-2H3/b6-4+. The van der Waals surface area contributed by atoms with E-state index in [9.17, 15) is 9.59 Å². The molecule has 0 bridgehead atoms. The van der Waals surface area contributed by atoms with Gasteiger partial charge in [0.1, 0.15) is 0 Å². The van der Waals surface area contributed by atoms with E-state index in [0.29, 0.717) is 5.02 Å². The zero-order valence-corrected chi connectivity index (χ0v) is 11.5. The van der Waals surface area contributed by atoms with Crippen LogP contribution in [0.3, 0.4) is 0 Å². The average molecular weight is 283 g/mol. The van der Waals surface area contributed by atoms with Crippen LogP contribution < -0.4 is 0 Å². The minimum Gasteiger partial charge on any atom is -0.468 e. The van der Waals surface area contributed by atoms with E-state index >= 15 is 0 Å². The second-order valence-electron chi connectivity index (χ2n) is 3.79. The Balaban J connectivity index is 2.71.